The van der Waals surface area contributed by atoms with Crippen LogP contribution in [0.2, 0.25) is 0 Å². The molecular weight excluding hydrogens is 825 g/mol. The first-order valence-corrected chi connectivity index (χ1v) is 20.0. The van der Waals surface area contributed by atoms with E-state index < -0.39 is 103 Å². The van der Waals surface area contributed by atoms with Crippen molar-refractivity contribution in [2.45, 2.75) is 89.0 Å². The van der Waals surface area contributed by atoms with Gasteiger partial charge in [0, 0.05) is 12.3 Å². The van der Waals surface area contributed by atoms with Crippen molar-refractivity contribution in [2.24, 2.45) is 0 Å². The average Bonchev–Trinajstić information content (AvgIpc) is 3.59. The molecule has 1 aliphatic carbocycles. The van der Waals surface area contributed by atoms with E-state index in [1.807, 2.05) is 48.5 Å². The molecule has 20 heteroatoms. The van der Waals surface area contributed by atoms with Crippen LogP contribution in [0.25, 0.3) is 11.1 Å². The number of benzene rings is 2. The van der Waals surface area contributed by atoms with E-state index in [4.69, 9.17) is 9.47 Å². The van der Waals surface area contributed by atoms with Gasteiger partial charge < -0.3 is 55.6 Å². The third-order valence-corrected chi connectivity index (χ3v) is 9.75. The van der Waals surface area contributed by atoms with Crippen molar-refractivity contribution in [1.29, 1.82) is 0 Å². The minimum atomic E-state index is -1.63. The van der Waals surface area contributed by atoms with E-state index in [-0.39, 0.29) is 44.2 Å². The number of hydrogen-bond donors (Lipinski definition) is 6. The van der Waals surface area contributed by atoms with Gasteiger partial charge >= 0.3 is 24.0 Å². The van der Waals surface area contributed by atoms with E-state index in [2.05, 4.69) is 48.0 Å². The minimum absolute atomic E-state index is 0.0332. The Hall–Kier alpha value is -7.12. The van der Waals surface area contributed by atoms with Gasteiger partial charge in [0.1, 0.15) is 49.2 Å². The van der Waals surface area contributed by atoms with E-state index in [1.54, 1.807) is 6.92 Å². The summed E-state index contributed by atoms with van der Waals surface area (Å²) in [5, 5.41) is 14.2. The molecule has 0 spiro atoms. The van der Waals surface area contributed by atoms with Gasteiger partial charge in [0.05, 0.1) is 33.6 Å². The summed E-state index contributed by atoms with van der Waals surface area (Å²) in [6, 6.07) is 8.33. The zero-order valence-corrected chi connectivity index (χ0v) is 35.7. The topological polar surface area (TPSA) is 280 Å². The number of alkyl carbamates (subject to hydrolysis) is 1. The van der Waals surface area contributed by atoms with E-state index in [1.165, 1.54) is 19.9 Å². The number of rotatable bonds is 24. The molecule has 63 heavy (non-hydrogen) atoms. The summed E-state index contributed by atoms with van der Waals surface area (Å²) in [5.41, 5.74) is 3.88. The van der Waals surface area contributed by atoms with E-state index in [0.717, 1.165) is 36.5 Å². The summed E-state index contributed by atoms with van der Waals surface area (Å²) in [6.07, 6.45) is -1.08. The second-order valence-corrected chi connectivity index (χ2v) is 14.3. The molecule has 3 rings (SSSR count). The van der Waals surface area contributed by atoms with Crippen LogP contribution in [0.15, 0.2) is 61.2 Å². The highest BCUT2D eigenvalue weighted by Gasteiger charge is 2.33. The first-order valence-electron chi connectivity index (χ1n) is 20.0. The lowest BCUT2D eigenvalue weighted by atomic mass is 9.98. The van der Waals surface area contributed by atoms with Crippen molar-refractivity contribution in [3.05, 3.63) is 72.3 Å². The highest BCUT2D eigenvalue weighted by molar-refractivity contribution is 5.97. The van der Waals surface area contributed by atoms with Crippen LogP contribution >= 0.6 is 0 Å². The Bertz CT molecular complexity index is 1990. The third kappa shape index (κ3) is 15.4. The molecule has 1 aliphatic rings. The minimum Gasteiger partial charge on any atom is -0.469 e. The summed E-state index contributed by atoms with van der Waals surface area (Å²) in [5.74, 6) is -7.74. The lowest BCUT2D eigenvalue weighted by Crippen LogP contribution is -2.57. The number of methoxy groups -OCH3 is 2. The van der Waals surface area contributed by atoms with Gasteiger partial charge in [0.2, 0.25) is 29.5 Å². The van der Waals surface area contributed by atoms with Gasteiger partial charge in [0.25, 0.3) is 0 Å². The Kier molecular flexibility index (Phi) is 19.9. The Balaban J connectivity index is 1.60. The third-order valence-electron chi connectivity index (χ3n) is 9.75. The molecule has 0 fully saturated rings. The van der Waals surface area contributed by atoms with Crippen LogP contribution < -0.4 is 31.9 Å². The lowest BCUT2D eigenvalue weighted by Gasteiger charge is -2.23. The van der Waals surface area contributed by atoms with Crippen LogP contribution in [0.5, 0.6) is 0 Å². The zero-order valence-electron chi connectivity index (χ0n) is 35.7. The number of fused-ring (bicyclic) bond motifs is 3. The van der Waals surface area contributed by atoms with Crippen LogP contribution in [-0.4, -0.2) is 124 Å². The summed E-state index contributed by atoms with van der Waals surface area (Å²) >= 11 is 0. The quantitative estimate of drug-likeness (QED) is 0.0479. The number of hydrogen-bond acceptors (Lipinski definition) is 14. The number of ether oxygens (including phenoxy) is 4. The Labute approximate surface area is 363 Å². The fourth-order valence-electron chi connectivity index (χ4n) is 6.38. The van der Waals surface area contributed by atoms with E-state index in [9.17, 15) is 47.9 Å². The van der Waals surface area contributed by atoms with Crippen molar-refractivity contribution in [1.82, 2.24) is 31.9 Å². The first kappa shape index (κ1) is 50.2. The number of Topliss-reactive ketones (excluding diaryl/α,β-unsaturated/α-hetero) is 1. The fourth-order valence-corrected chi connectivity index (χ4v) is 6.38. The maximum atomic E-state index is 13.4. The molecule has 2 aromatic carbocycles. The number of nitrogens with one attached hydrogen (secondary N) is 6. The summed E-state index contributed by atoms with van der Waals surface area (Å²) in [7, 11) is 2.12. The second kappa shape index (κ2) is 25.0. The van der Waals surface area contributed by atoms with Crippen molar-refractivity contribution in [2.75, 3.05) is 34.0 Å². The van der Waals surface area contributed by atoms with Gasteiger partial charge in [0.15, 0.2) is 0 Å². The van der Waals surface area contributed by atoms with Crippen molar-refractivity contribution in [3.63, 3.8) is 0 Å². The second-order valence-electron chi connectivity index (χ2n) is 14.3. The van der Waals surface area contributed by atoms with Gasteiger partial charge in [-0.25, -0.2) is 9.59 Å². The standard InChI is InChI=1S/C43H54N6O14/c1-7-19-62-42(58)32(18-17-24(3)50)47-40(56)31(8-2)46-35(51)22-44-39(55)33(20-36(52)60-5)48-38(54)25(4)45-41(57)34(21-37(53)61-6)49-43(59)63-23-30-28-15-11-9-13-26(28)27-14-10-12-16-29(27)30/h7,9-16,25,30-34H,1,8,17-23H2,2-6H3,(H,44,55)(H,45,57)(H,46,51)(H,47,56)(H,48,54)(H,49,59). The van der Waals surface area contributed by atoms with Gasteiger partial charge in [-0.2, -0.15) is 0 Å². The predicted octanol–water partition coefficient (Wildman–Crippen LogP) is 0.604. The van der Waals surface area contributed by atoms with E-state index in [0.29, 0.717) is 0 Å². The molecule has 6 N–H and O–H groups in total. The Morgan fingerprint density at radius 1 is 0.683 bits per heavy atom. The molecule has 5 atom stereocenters. The predicted molar refractivity (Wildman–Crippen MR) is 223 cm³/mol. The Morgan fingerprint density at radius 2 is 1.22 bits per heavy atom. The van der Waals surface area contributed by atoms with Crippen LogP contribution in [-0.2, 0) is 62.1 Å². The fraction of sp³-hybridized carbons (Fsp3) is 0.442. The van der Waals surface area contributed by atoms with Crippen molar-refractivity contribution >= 4 is 59.3 Å². The Morgan fingerprint density at radius 3 is 1.76 bits per heavy atom. The van der Waals surface area contributed by atoms with Crippen LogP contribution in [0.1, 0.15) is 69.9 Å². The zero-order chi connectivity index (χ0) is 46.6. The maximum absolute atomic E-state index is 13.4. The van der Waals surface area contributed by atoms with Gasteiger partial charge in [-0.05, 0) is 48.9 Å². The molecule has 6 amide bonds. The normalized spacial score (nSPS) is 13.7. The molecule has 0 aromatic heterocycles. The van der Waals surface area contributed by atoms with Crippen LogP contribution in [0, 0.1) is 0 Å². The number of amides is 6. The summed E-state index contributed by atoms with van der Waals surface area (Å²) < 4.78 is 19.9. The molecule has 340 valence electrons. The molecule has 0 saturated heterocycles. The summed E-state index contributed by atoms with van der Waals surface area (Å²) in [6.45, 7) is 6.62. The molecule has 0 radical (unpaired) electrons. The number of carbonyl (C=O) groups excluding carboxylic acids is 10. The summed E-state index contributed by atoms with van der Waals surface area (Å²) in [4.78, 5) is 127. The highest BCUT2D eigenvalue weighted by Crippen LogP contribution is 2.44. The molecule has 0 saturated carbocycles. The molecular formula is C43H54N6O14. The SMILES string of the molecule is C=CCOC(=O)C(CCC(C)=O)NC(=O)C(CC)NC(=O)CNC(=O)C(CC(=O)OC)NC(=O)C(C)NC(=O)C(CC(=O)OC)NC(=O)OCC1c2ccccc2-c2ccccc21. The van der Waals surface area contributed by atoms with E-state index >= 15 is 0 Å². The molecule has 0 aliphatic heterocycles. The average molecular weight is 879 g/mol. The van der Waals surface area contributed by atoms with Gasteiger partial charge in [-0.1, -0.05) is 68.1 Å². The smallest absolute Gasteiger partial charge is 0.407 e. The van der Waals surface area contributed by atoms with Crippen molar-refractivity contribution < 1.29 is 66.9 Å². The van der Waals surface area contributed by atoms with Crippen LogP contribution in [0.4, 0.5) is 4.79 Å². The monoisotopic (exact) mass is 878 g/mol. The molecule has 0 heterocycles. The molecule has 5 unspecified atom stereocenters. The number of esters is 3. The largest absolute Gasteiger partial charge is 0.469 e. The lowest BCUT2D eigenvalue weighted by molar-refractivity contribution is -0.147. The van der Waals surface area contributed by atoms with Crippen LogP contribution in [0.3, 0.4) is 0 Å². The first-order chi connectivity index (χ1) is 30.0. The van der Waals surface area contributed by atoms with Gasteiger partial charge in [-0.3, -0.25) is 33.6 Å². The number of ketones is 1. The van der Waals surface area contributed by atoms with Crippen molar-refractivity contribution in [3.8, 4) is 11.1 Å². The molecule has 0 bridgehead atoms. The molecule has 20 nitrogen and oxygen atoms in total. The highest BCUT2D eigenvalue weighted by atomic mass is 16.6. The number of carbonyl (C=O) groups is 10. The maximum Gasteiger partial charge on any atom is 0.407 e. The van der Waals surface area contributed by atoms with Gasteiger partial charge in [-0.15, -0.1) is 0 Å². The molecule has 2 aromatic rings.